The number of rotatable bonds is 2. The molecule has 0 spiro atoms. The second-order valence-electron chi connectivity index (χ2n) is 4.35. The van der Waals surface area contributed by atoms with Crippen LogP contribution in [0.1, 0.15) is 0 Å². The Kier molecular flexibility index (Phi) is 3.63. The molecule has 0 saturated heterocycles. The van der Waals surface area contributed by atoms with E-state index in [1.165, 1.54) is 0 Å². The summed E-state index contributed by atoms with van der Waals surface area (Å²) in [5.41, 5.74) is 2.97. The summed E-state index contributed by atoms with van der Waals surface area (Å²) in [4.78, 5) is 7.70. The molecule has 0 aliphatic heterocycles. The van der Waals surface area contributed by atoms with E-state index in [-0.39, 0.29) is 0 Å². The smallest absolute Gasteiger partial charge is 0.139 e. The third-order valence-corrected chi connectivity index (χ3v) is 3.41. The summed E-state index contributed by atoms with van der Waals surface area (Å²) >= 11 is 11.2. The molecule has 1 N–H and O–H groups in total. The molecular formula is C16H11ClN2S. The molecule has 1 heterocycles. The summed E-state index contributed by atoms with van der Waals surface area (Å²) in [5, 5.41) is 0.713. The third-order valence-electron chi connectivity index (χ3n) is 2.95. The Morgan fingerprint density at radius 3 is 2.30 bits per heavy atom. The Balaban J connectivity index is 2.12. The number of halogens is 1. The zero-order chi connectivity index (χ0) is 13.9. The van der Waals surface area contributed by atoms with Gasteiger partial charge >= 0.3 is 0 Å². The predicted molar refractivity (Wildman–Crippen MR) is 85.3 cm³/mol. The number of nitrogens with one attached hydrogen (secondary N) is 1. The van der Waals surface area contributed by atoms with Crippen molar-refractivity contribution in [1.82, 2.24) is 9.97 Å². The maximum absolute atomic E-state index is 5.91. The normalized spacial score (nSPS) is 10.4. The van der Waals surface area contributed by atoms with E-state index in [0.717, 1.165) is 22.6 Å². The number of H-pyrrole nitrogens is 1. The van der Waals surface area contributed by atoms with Crippen LogP contribution >= 0.6 is 23.8 Å². The van der Waals surface area contributed by atoms with E-state index in [1.807, 2.05) is 60.7 Å². The SMILES string of the molecule is S=c1cc(-c2ccc(Cl)cc2)[nH]c(-c2ccccc2)n1. The Labute approximate surface area is 127 Å². The number of benzene rings is 2. The van der Waals surface area contributed by atoms with Crippen LogP contribution in [0.2, 0.25) is 5.02 Å². The zero-order valence-electron chi connectivity index (χ0n) is 10.5. The first kappa shape index (κ1) is 13.0. The first-order valence-corrected chi connectivity index (χ1v) is 6.94. The number of nitrogens with zero attached hydrogens (tertiary/aromatic N) is 1. The standard InChI is InChI=1S/C16H11ClN2S/c17-13-8-6-11(7-9-13)14-10-15(20)19-16(18-14)12-4-2-1-3-5-12/h1-10H,(H,18,19,20). The topological polar surface area (TPSA) is 28.7 Å². The van der Waals surface area contributed by atoms with E-state index in [0.29, 0.717) is 9.66 Å². The van der Waals surface area contributed by atoms with Crippen LogP contribution in [0, 0.1) is 4.64 Å². The first-order chi connectivity index (χ1) is 9.72. The van der Waals surface area contributed by atoms with Gasteiger partial charge in [0.2, 0.25) is 0 Å². The van der Waals surface area contributed by atoms with Gasteiger partial charge in [0.05, 0.1) is 0 Å². The summed E-state index contributed by atoms with van der Waals surface area (Å²) in [6.45, 7) is 0. The Hall–Kier alpha value is -1.97. The molecule has 2 nitrogen and oxygen atoms in total. The van der Waals surface area contributed by atoms with Gasteiger partial charge < -0.3 is 4.98 Å². The van der Waals surface area contributed by atoms with Crippen molar-refractivity contribution in [3.8, 4) is 22.6 Å². The summed E-state index contributed by atoms with van der Waals surface area (Å²) in [5.74, 6) is 0.767. The van der Waals surface area contributed by atoms with Crippen LogP contribution in [-0.2, 0) is 0 Å². The van der Waals surface area contributed by atoms with E-state index in [9.17, 15) is 0 Å². The van der Waals surface area contributed by atoms with Crippen LogP contribution in [0.3, 0.4) is 0 Å². The highest BCUT2D eigenvalue weighted by atomic mass is 35.5. The van der Waals surface area contributed by atoms with Gasteiger partial charge in [0.25, 0.3) is 0 Å². The molecule has 98 valence electrons. The molecule has 20 heavy (non-hydrogen) atoms. The molecule has 0 fully saturated rings. The van der Waals surface area contributed by atoms with Crippen molar-refractivity contribution >= 4 is 23.8 Å². The number of aromatic nitrogens is 2. The molecule has 0 bridgehead atoms. The monoisotopic (exact) mass is 298 g/mol. The van der Waals surface area contributed by atoms with Gasteiger partial charge in [-0.3, -0.25) is 0 Å². The van der Waals surface area contributed by atoms with Crippen molar-refractivity contribution in [3.05, 3.63) is 70.3 Å². The molecule has 0 radical (unpaired) electrons. The lowest BCUT2D eigenvalue weighted by Crippen LogP contribution is -1.92. The number of hydrogen-bond acceptors (Lipinski definition) is 2. The fraction of sp³-hybridized carbons (Fsp3) is 0. The Bertz CT molecular complexity index is 780. The summed E-state index contributed by atoms with van der Waals surface area (Å²) in [7, 11) is 0. The molecule has 0 amide bonds. The van der Waals surface area contributed by atoms with Gasteiger partial charge in [0.15, 0.2) is 0 Å². The predicted octanol–water partition coefficient (Wildman–Crippen LogP) is 5.13. The average Bonchev–Trinajstić information content (AvgIpc) is 2.48. The maximum atomic E-state index is 5.91. The molecule has 0 aliphatic rings. The van der Waals surface area contributed by atoms with E-state index in [1.54, 1.807) is 0 Å². The summed E-state index contributed by atoms with van der Waals surface area (Å²) < 4.78 is 0.563. The molecule has 2 aromatic carbocycles. The Morgan fingerprint density at radius 2 is 1.60 bits per heavy atom. The molecule has 0 unspecified atom stereocenters. The molecule has 3 aromatic rings. The lowest BCUT2D eigenvalue weighted by molar-refractivity contribution is 1.16. The summed E-state index contributed by atoms with van der Waals surface area (Å²) in [6.07, 6.45) is 0. The van der Waals surface area contributed by atoms with Gasteiger partial charge in [-0.15, -0.1) is 0 Å². The zero-order valence-corrected chi connectivity index (χ0v) is 12.1. The highest BCUT2D eigenvalue weighted by molar-refractivity contribution is 7.71. The van der Waals surface area contributed by atoms with Gasteiger partial charge in [-0.1, -0.05) is 66.3 Å². The van der Waals surface area contributed by atoms with Crippen LogP contribution in [0.25, 0.3) is 22.6 Å². The van der Waals surface area contributed by atoms with Gasteiger partial charge in [0, 0.05) is 16.3 Å². The lowest BCUT2D eigenvalue weighted by atomic mass is 10.1. The quantitative estimate of drug-likeness (QED) is 0.665. The number of aromatic amines is 1. The minimum absolute atomic E-state index is 0.563. The fourth-order valence-corrected chi connectivity index (χ4v) is 2.31. The van der Waals surface area contributed by atoms with E-state index >= 15 is 0 Å². The first-order valence-electron chi connectivity index (χ1n) is 6.15. The highest BCUT2D eigenvalue weighted by Crippen LogP contribution is 2.22. The fourth-order valence-electron chi connectivity index (χ4n) is 1.98. The van der Waals surface area contributed by atoms with Crippen molar-refractivity contribution in [2.75, 3.05) is 0 Å². The minimum Gasteiger partial charge on any atom is -0.339 e. The highest BCUT2D eigenvalue weighted by Gasteiger charge is 2.04. The van der Waals surface area contributed by atoms with Crippen molar-refractivity contribution < 1.29 is 0 Å². The van der Waals surface area contributed by atoms with Crippen LogP contribution in [0.15, 0.2) is 60.7 Å². The van der Waals surface area contributed by atoms with Crippen LogP contribution in [-0.4, -0.2) is 9.97 Å². The van der Waals surface area contributed by atoms with E-state index < -0.39 is 0 Å². The maximum Gasteiger partial charge on any atom is 0.139 e. The van der Waals surface area contributed by atoms with Gasteiger partial charge in [-0.05, 0) is 23.8 Å². The van der Waals surface area contributed by atoms with Crippen LogP contribution in [0.4, 0.5) is 0 Å². The van der Waals surface area contributed by atoms with Gasteiger partial charge in [-0.25, -0.2) is 4.98 Å². The van der Waals surface area contributed by atoms with Crippen molar-refractivity contribution in [2.45, 2.75) is 0 Å². The van der Waals surface area contributed by atoms with Gasteiger partial charge in [-0.2, -0.15) is 0 Å². The molecule has 0 atom stereocenters. The lowest BCUT2D eigenvalue weighted by Gasteiger charge is -2.06. The molecule has 3 rings (SSSR count). The van der Waals surface area contributed by atoms with E-state index in [4.69, 9.17) is 23.8 Å². The van der Waals surface area contributed by atoms with Crippen LogP contribution < -0.4 is 0 Å². The number of hydrogen-bond donors (Lipinski definition) is 1. The second-order valence-corrected chi connectivity index (χ2v) is 5.21. The van der Waals surface area contributed by atoms with Gasteiger partial charge in [0.1, 0.15) is 10.5 Å². The molecule has 1 aromatic heterocycles. The average molecular weight is 299 g/mol. The van der Waals surface area contributed by atoms with Crippen molar-refractivity contribution in [1.29, 1.82) is 0 Å². The molecule has 0 aliphatic carbocycles. The van der Waals surface area contributed by atoms with Crippen molar-refractivity contribution in [2.24, 2.45) is 0 Å². The molecule has 4 heteroatoms. The largest absolute Gasteiger partial charge is 0.339 e. The molecular weight excluding hydrogens is 288 g/mol. The minimum atomic E-state index is 0.563. The second kappa shape index (κ2) is 5.57. The molecule has 0 saturated carbocycles. The summed E-state index contributed by atoms with van der Waals surface area (Å²) in [6, 6.07) is 19.4. The third kappa shape index (κ3) is 2.79. The van der Waals surface area contributed by atoms with Crippen LogP contribution in [0.5, 0.6) is 0 Å². The Morgan fingerprint density at radius 1 is 0.900 bits per heavy atom. The van der Waals surface area contributed by atoms with E-state index in [2.05, 4.69) is 9.97 Å². The van der Waals surface area contributed by atoms with Crippen molar-refractivity contribution in [3.63, 3.8) is 0 Å².